The number of thiocarbonyl (C=S) groups is 1. The van der Waals surface area contributed by atoms with E-state index in [0.29, 0.717) is 27.1 Å². The third kappa shape index (κ3) is 4.57. The third-order valence-electron chi connectivity index (χ3n) is 4.73. The Labute approximate surface area is 175 Å². The highest BCUT2D eigenvalue weighted by atomic mass is 35.5. The molecule has 1 heterocycles. The van der Waals surface area contributed by atoms with Crippen molar-refractivity contribution < 1.29 is 9.36 Å². The van der Waals surface area contributed by atoms with E-state index >= 15 is 0 Å². The molecule has 0 saturated carbocycles. The Morgan fingerprint density at radius 3 is 2.67 bits per heavy atom. The Balaban J connectivity index is 2.00. The Hall–Kier alpha value is -1.75. The van der Waals surface area contributed by atoms with Crippen molar-refractivity contribution in [2.75, 3.05) is 6.54 Å². The van der Waals surface area contributed by atoms with Crippen LogP contribution in [-0.4, -0.2) is 17.3 Å². The van der Waals surface area contributed by atoms with Crippen LogP contribution in [0.15, 0.2) is 49.3 Å². The molecule has 0 amide bonds. The van der Waals surface area contributed by atoms with Crippen LogP contribution in [0.5, 0.6) is 0 Å². The number of pyridine rings is 1. The van der Waals surface area contributed by atoms with Crippen molar-refractivity contribution in [3.63, 3.8) is 0 Å². The maximum Gasteiger partial charge on any atom is 0.270 e. The van der Waals surface area contributed by atoms with Gasteiger partial charge in [0.15, 0.2) is 17.4 Å². The number of carbonyl (C=O) groups excluding carboxylic acids is 1. The van der Waals surface area contributed by atoms with Crippen molar-refractivity contribution in [2.45, 2.75) is 31.7 Å². The standard InChI is InChI=1S/C21H20Cl2N2OS/c1-2-10-24-21(27)19(20(26)15-7-8-17(22)18(23)12-15)25-11-9-14-5-3-4-6-16(14)13-25/h2,7-9,11-13,19H,1,3-6,10H2/p+1. The fourth-order valence-corrected chi connectivity index (χ4v) is 3.93. The predicted octanol–water partition coefficient (Wildman–Crippen LogP) is 4.69. The first-order valence-corrected chi connectivity index (χ1v) is 10.1. The largest absolute Gasteiger partial charge is 0.370 e. The van der Waals surface area contributed by atoms with E-state index in [2.05, 4.69) is 24.2 Å². The normalized spacial score (nSPS) is 14.1. The van der Waals surface area contributed by atoms with Crippen molar-refractivity contribution in [1.29, 1.82) is 0 Å². The second kappa shape index (κ2) is 8.96. The summed E-state index contributed by atoms with van der Waals surface area (Å²) < 4.78 is 1.90. The zero-order valence-electron chi connectivity index (χ0n) is 14.9. The number of carbonyl (C=O) groups is 1. The van der Waals surface area contributed by atoms with Crippen LogP contribution >= 0.6 is 35.4 Å². The molecule has 2 aromatic rings. The minimum atomic E-state index is -0.649. The highest BCUT2D eigenvalue weighted by Crippen LogP contribution is 2.25. The van der Waals surface area contributed by atoms with Gasteiger partial charge in [0.25, 0.3) is 6.04 Å². The van der Waals surface area contributed by atoms with E-state index in [1.165, 1.54) is 24.0 Å². The minimum Gasteiger partial charge on any atom is -0.370 e. The van der Waals surface area contributed by atoms with Crippen LogP contribution in [-0.2, 0) is 12.8 Å². The summed E-state index contributed by atoms with van der Waals surface area (Å²) >= 11 is 17.7. The summed E-state index contributed by atoms with van der Waals surface area (Å²) in [7, 11) is 0. The van der Waals surface area contributed by atoms with Gasteiger partial charge in [-0.05, 0) is 49.4 Å². The number of aromatic nitrogens is 1. The zero-order valence-corrected chi connectivity index (χ0v) is 17.2. The van der Waals surface area contributed by atoms with Crippen molar-refractivity contribution in [3.8, 4) is 0 Å². The molecule has 1 atom stereocenters. The number of fused-ring (bicyclic) bond motifs is 1. The van der Waals surface area contributed by atoms with Crippen LogP contribution < -0.4 is 9.88 Å². The van der Waals surface area contributed by atoms with Crippen molar-refractivity contribution in [2.24, 2.45) is 0 Å². The molecule has 27 heavy (non-hydrogen) atoms. The molecule has 0 spiro atoms. The van der Waals surface area contributed by atoms with Gasteiger partial charge in [0, 0.05) is 23.7 Å². The molecule has 6 heteroatoms. The molecule has 1 aromatic carbocycles. The second-order valence-electron chi connectivity index (χ2n) is 6.58. The van der Waals surface area contributed by atoms with E-state index in [0.717, 1.165) is 12.8 Å². The number of ketones is 1. The van der Waals surface area contributed by atoms with Gasteiger partial charge in [-0.1, -0.05) is 41.5 Å². The second-order valence-corrected chi connectivity index (χ2v) is 7.83. The van der Waals surface area contributed by atoms with Crippen LogP contribution in [0, 0.1) is 0 Å². The lowest BCUT2D eigenvalue weighted by Gasteiger charge is -2.18. The molecule has 0 fully saturated rings. The summed E-state index contributed by atoms with van der Waals surface area (Å²) in [6, 6.07) is 6.35. The number of benzene rings is 1. The Morgan fingerprint density at radius 1 is 1.22 bits per heavy atom. The van der Waals surface area contributed by atoms with Crippen LogP contribution in [0.3, 0.4) is 0 Å². The number of hydrogen-bond acceptors (Lipinski definition) is 2. The summed E-state index contributed by atoms with van der Waals surface area (Å²) in [4.78, 5) is 13.8. The monoisotopic (exact) mass is 419 g/mol. The topological polar surface area (TPSA) is 33.0 Å². The van der Waals surface area contributed by atoms with Crippen LogP contribution in [0.25, 0.3) is 0 Å². The molecule has 140 valence electrons. The van der Waals surface area contributed by atoms with Gasteiger partial charge < -0.3 is 5.32 Å². The SMILES string of the molecule is C=CCNC(=S)C(C(=O)c1ccc(Cl)c(Cl)c1)[n+]1ccc2c(c1)CCCC2. The minimum absolute atomic E-state index is 0.129. The lowest BCUT2D eigenvalue weighted by molar-refractivity contribution is -0.692. The van der Waals surface area contributed by atoms with Gasteiger partial charge in [0.2, 0.25) is 5.78 Å². The number of halogens is 2. The Morgan fingerprint density at radius 2 is 1.96 bits per heavy atom. The summed E-state index contributed by atoms with van der Waals surface area (Å²) in [6.07, 6.45) is 10.2. The molecule has 1 aromatic heterocycles. The Bertz CT molecular complexity index is 898. The number of Topliss-reactive ketones (excluding diaryl/α,β-unsaturated/α-hetero) is 1. The van der Waals surface area contributed by atoms with Gasteiger partial charge in [-0.15, -0.1) is 6.58 Å². The van der Waals surface area contributed by atoms with Crippen LogP contribution in [0.4, 0.5) is 0 Å². The first-order valence-electron chi connectivity index (χ1n) is 8.91. The van der Waals surface area contributed by atoms with E-state index in [1.807, 2.05) is 10.8 Å². The summed E-state index contributed by atoms with van der Waals surface area (Å²) in [5.74, 6) is -0.129. The van der Waals surface area contributed by atoms with E-state index in [1.54, 1.807) is 24.3 Å². The average Bonchev–Trinajstić information content (AvgIpc) is 2.68. The molecule has 0 radical (unpaired) electrons. The number of aryl methyl sites for hydroxylation is 2. The summed E-state index contributed by atoms with van der Waals surface area (Å²) in [5.41, 5.74) is 3.10. The average molecular weight is 420 g/mol. The third-order valence-corrected chi connectivity index (χ3v) is 5.83. The highest BCUT2D eigenvalue weighted by Gasteiger charge is 2.34. The van der Waals surface area contributed by atoms with E-state index < -0.39 is 6.04 Å². The predicted molar refractivity (Wildman–Crippen MR) is 114 cm³/mol. The van der Waals surface area contributed by atoms with E-state index in [9.17, 15) is 4.79 Å². The molecule has 1 aliphatic carbocycles. The number of rotatable bonds is 6. The maximum absolute atomic E-state index is 13.3. The number of nitrogens with one attached hydrogen (secondary N) is 1. The van der Waals surface area contributed by atoms with Gasteiger partial charge in [-0.2, -0.15) is 4.57 Å². The van der Waals surface area contributed by atoms with Crippen molar-refractivity contribution in [3.05, 3.63) is 76.0 Å². The van der Waals surface area contributed by atoms with Crippen LogP contribution in [0.1, 0.15) is 40.4 Å². The molecule has 0 saturated heterocycles. The molecule has 1 unspecified atom stereocenters. The number of hydrogen-bond donors (Lipinski definition) is 1. The van der Waals surface area contributed by atoms with Gasteiger partial charge in [0.05, 0.1) is 10.0 Å². The first kappa shape index (κ1) is 20.0. The van der Waals surface area contributed by atoms with E-state index in [-0.39, 0.29) is 5.78 Å². The molecule has 1 aliphatic rings. The zero-order chi connectivity index (χ0) is 19.4. The Kier molecular flexibility index (Phi) is 6.64. The number of nitrogens with zero attached hydrogens (tertiary/aromatic N) is 1. The first-order chi connectivity index (χ1) is 13.0. The highest BCUT2D eigenvalue weighted by molar-refractivity contribution is 7.80. The quantitative estimate of drug-likeness (QED) is 0.319. The molecule has 1 N–H and O–H groups in total. The van der Waals surface area contributed by atoms with Gasteiger partial charge in [-0.25, -0.2) is 0 Å². The lowest BCUT2D eigenvalue weighted by atomic mass is 9.93. The van der Waals surface area contributed by atoms with Crippen LogP contribution in [0.2, 0.25) is 10.0 Å². The molecule has 3 rings (SSSR count). The fraction of sp³-hybridized carbons (Fsp3) is 0.286. The summed E-state index contributed by atoms with van der Waals surface area (Å²) in [6.45, 7) is 4.20. The molecule has 0 aliphatic heterocycles. The van der Waals surface area contributed by atoms with Crippen molar-refractivity contribution >= 4 is 46.2 Å². The van der Waals surface area contributed by atoms with Gasteiger partial charge in [0.1, 0.15) is 0 Å². The van der Waals surface area contributed by atoms with E-state index in [4.69, 9.17) is 35.4 Å². The molecule has 3 nitrogen and oxygen atoms in total. The summed E-state index contributed by atoms with van der Waals surface area (Å²) in [5, 5.41) is 3.86. The van der Waals surface area contributed by atoms with Gasteiger partial charge in [-0.3, -0.25) is 4.79 Å². The maximum atomic E-state index is 13.3. The smallest absolute Gasteiger partial charge is 0.270 e. The van der Waals surface area contributed by atoms with Gasteiger partial charge >= 0.3 is 0 Å². The van der Waals surface area contributed by atoms with Crippen molar-refractivity contribution in [1.82, 2.24) is 5.32 Å². The molecule has 0 bridgehead atoms. The lowest BCUT2D eigenvalue weighted by Crippen LogP contribution is -2.51. The fourth-order valence-electron chi connectivity index (χ4n) is 3.32. The molecular weight excluding hydrogens is 399 g/mol. The molecular formula is C21H21Cl2N2OS+.